The van der Waals surface area contributed by atoms with Crippen molar-refractivity contribution in [3.8, 4) is 0 Å². The van der Waals surface area contributed by atoms with E-state index in [9.17, 15) is 9.50 Å². The minimum absolute atomic E-state index is 0.235. The predicted molar refractivity (Wildman–Crippen MR) is 82.0 cm³/mol. The molecule has 0 radical (unpaired) electrons. The molecule has 2 rings (SSSR count). The van der Waals surface area contributed by atoms with Crippen molar-refractivity contribution in [3.63, 3.8) is 0 Å². The fraction of sp³-hybridized carbons (Fsp3) is 0.533. The number of nitrogens with zero attached hydrogens (tertiary/aromatic N) is 1. The lowest BCUT2D eigenvalue weighted by atomic mass is 9.92. The number of likely N-dealkylation sites (tertiary alicyclic amines) is 1. The van der Waals surface area contributed by atoms with Crippen LogP contribution in [0.15, 0.2) is 18.2 Å². The van der Waals surface area contributed by atoms with E-state index in [0.717, 1.165) is 38.0 Å². The molecule has 0 saturated carbocycles. The number of nitrogens with two attached hydrogens (primary N) is 1. The predicted octanol–water partition coefficient (Wildman–Crippen LogP) is 2.05. The van der Waals surface area contributed by atoms with Crippen LogP contribution in [0.2, 0.25) is 0 Å². The smallest absolute Gasteiger partial charge is 0.123 e. The summed E-state index contributed by atoms with van der Waals surface area (Å²) in [5.74, 6) is 0.0684. The first-order chi connectivity index (χ1) is 9.47. The zero-order chi connectivity index (χ0) is 14.7. The third-order valence-electron chi connectivity index (χ3n) is 4.05. The minimum Gasteiger partial charge on any atom is -0.393 e. The van der Waals surface area contributed by atoms with Crippen molar-refractivity contribution >= 4 is 17.2 Å². The average molecular weight is 296 g/mol. The van der Waals surface area contributed by atoms with Gasteiger partial charge in [-0.3, -0.25) is 4.90 Å². The Morgan fingerprint density at radius 1 is 1.50 bits per heavy atom. The summed E-state index contributed by atoms with van der Waals surface area (Å²) < 4.78 is 13.3. The van der Waals surface area contributed by atoms with E-state index in [-0.39, 0.29) is 16.9 Å². The van der Waals surface area contributed by atoms with Crippen molar-refractivity contribution in [2.24, 2.45) is 11.7 Å². The van der Waals surface area contributed by atoms with Crippen molar-refractivity contribution in [3.05, 3.63) is 35.1 Å². The molecule has 110 valence electrons. The first-order valence-corrected chi connectivity index (χ1v) is 7.37. The molecule has 0 aliphatic carbocycles. The fourth-order valence-corrected chi connectivity index (χ4v) is 2.94. The quantitative estimate of drug-likeness (QED) is 0.835. The molecule has 1 saturated heterocycles. The van der Waals surface area contributed by atoms with Gasteiger partial charge in [0.25, 0.3) is 0 Å². The summed E-state index contributed by atoms with van der Waals surface area (Å²) in [5, 5.41) is 9.61. The highest BCUT2D eigenvalue weighted by Crippen LogP contribution is 2.23. The Morgan fingerprint density at radius 2 is 2.15 bits per heavy atom. The molecule has 3 N–H and O–H groups in total. The summed E-state index contributed by atoms with van der Waals surface area (Å²) >= 11 is 4.99. The molecule has 1 aromatic carbocycles. The van der Waals surface area contributed by atoms with Gasteiger partial charge >= 0.3 is 0 Å². The first kappa shape index (κ1) is 15.4. The molecule has 0 amide bonds. The van der Waals surface area contributed by atoms with Gasteiger partial charge in [0.2, 0.25) is 0 Å². The monoisotopic (exact) mass is 296 g/mol. The third-order valence-corrected chi connectivity index (χ3v) is 4.27. The molecule has 1 aliphatic heterocycles. The number of thiocarbonyl (C=S) groups is 1. The summed E-state index contributed by atoms with van der Waals surface area (Å²) in [5.41, 5.74) is 7.25. The lowest BCUT2D eigenvalue weighted by molar-refractivity contribution is 0.0695. The minimum atomic E-state index is -0.315. The van der Waals surface area contributed by atoms with Crippen LogP contribution in [0.5, 0.6) is 0 Å². The molecule has 3 nitrogen and oxygen atoms in total. The number of hydrogen-bond donors (Lipinski definition) is 2. The molecule has 0 spiro atoms. The van der Waals surface area contributed by atoms with Crippen LogP contribution in [0.25, 0.3) is 0 Å². The topological polar surface area (TPSA) is 49.5 Å². The van der Waals surface area contributed by atoms with Gasteiger partial charge < -0.3 is 10.8 Å². The van der Waals surface area contributed by atoms with E-state index >= 15 is 0 Å². The van der Waals surface area contributed by atoms with Crippen molar-refractivity contribution in [1.29, 1.82) is 0 Å². The summed E-state index contributed by atoms with van der Waals surface area (Å²) in [4.78, 5) is 2.53. The molecule has 1 heterocycles. The summed E-state index contributed by atoms with van der Waals surface area (Å²) in [6.45, 7) is 4.44. The van der Waals surface area contributed by atoms with Crippen LogP contribution in [-0.2, 0) is 6.54 Å². The Hall–Kier alpha value is -1.04. The van der Waals surface area contributed by atoms with Crippen LogP contribution in [0.1, 0.15) is 30.9 Å². The third kappa shape index (κ3) is 3.75. The molecule has 1 unspecified atom stereocenters. The number of piperidine rings is 1. The SMILES string of the molecule is CC(O)C1CCN(Cc2ccc(F)cc2C(N)=S)CC1. The fourth-order valence-electron chi connectivity index (χ4n) is 2.75. The molecule has 1 aromatic rings. The van der Waals surface area contributed by atoms with Gasteiger partial charge in [-0.05, 0) is 56.5 Å². The summed E-state index contributed by atoms with van der Waals surface area (Å²) in [6.07, 6.45) is 1.73. The van der Waals surface area contributed by atoms with E-state index in [1.165, 1.54) is 12.1 Å². The van der Waals surface area contributed by atoms with Crippen molar-refractivity contribution in [1.82, 2.24) is 4.90 Å². The normalized spacial score (nSPS) is 18.9. The summed E-state index contributed by atoms with van der Waals surface area (Å²) in [7, 11) is 0. The molecule has 5 heteroatoms. The van der Waals surface area contributed by atoms with Gasteiger partial charge in [-0.1, -0.05) is 18.3 Å². The Morgan fingerprint density at radius 3 is 2.70 bits per heavy atom. The van der Waals surface area contributed by atoms with E-state index in [2.05, 4.69) is 4.90 Å². The maximum atomic E-state index is 13.3. The molecule has 1 aliphatic rings. The van der Waals surface area contributed by atoms with Crippen LogP contribution < -0.4 is 5.73 Å². The maximum Gasteiger partial charge on any atom is 0.123 e. The average Bonchev–Trinajstić information content (AvgIpc) is 2.41. The van der Waals surface area contributed by atoms with Crippen LogP contribution in [-0.4, -0.2) is 34.2 Å². The zero-order valence-corrected chi connectivity index (χ0v) is 12.5. The summed E-state index contributed by atoms with van der Waals surface area (Å²) in [6, 6.07) is 4.60. The lowest BCUT2D eigenvalue weighted by Crippen LogP contribution is -2.37. The van der Waals surface area contributed by atoms with E-state index in [1.54, 1.807) is 6.07 Å². The second-order valence-corrected chi connectivity index (χ2v) is 5.96. The van der Waals surface area contributed by atoms with Gasteiger partial charge in [0.15, 0.2) is 0 Å². The van der Waals surface area contributed by atoms with Gasteiger partial charge in [0.05, 0.1) is 6.10 Å². The number of aliphatic hydroxyl groups is 1. The van der Waals surface area contributed by atoms with Crippen LogP contribution in [0.4, 0.5) is 4.39 Å². The van der Waals surface area contributed by atoms with Crippen LogP contribution >= 0.6 is 12.2 Å². The highest BCUT2D eigenvalue weighted by atomic mass is 32.1. The molecule has 1 atom stereocenters. The lowest BCUT2D eigenvalue weighted by Gasteiger charge is -2.33. The standard InChI is InChI=1S/C15H21FN2OS/c1-10(19)11-4-6-18(7-5-11)9-12-2-3-13(16)8-14(12)15(17)20/h2-3,8,10-11,19H,4-7,9H2,1H3,(H2,17,20). The number of rotatable bonds is 4. The molecule has 0 aromatic heterocycles. The van der Waals surface area contributed by atoms with Crippen molar-refractivity contribution in [2.45, 2.75) is 32.4 Å². The van der Waals surface area contributed by atoms with E-state index in [0.29, 0.717) is 11.5 Å². The first-order valence-electron chi connectivity index (χ1n) is 6.96. The maximum absolute atomic E-state index is 13.3. The van der Waals surface area contributed by atoms with Crippen LogP contribution in [0.3, 0.4) is 0 Å². The Labute approximate surface area is 124 Å². The highest BCUT2D eigenvalue weighted by Gasteiger charge is 2.23. The van der Waals surface area contributed by atoms with E-state index in [1.807, 2.05) is 6.92 Å². The van der Waals surface area contributed by atoms with E-state index < -0.39 is 0 Å². The Kier molecular flexibility index (Phi) is 5.07. The molecular weight excluding hydrogens is 275 g/mol. The number of halogens is 1. The highest BCUT2D eigenvalue weighted by molar-refractivity contribution is 7.80. The largest absolute Gasteiger partial charge is 0.393 e. The van der Waals surface area contributed by atoms with Gasteiger partial charge in [-0.25, -0.2) is 4.39 Å². The Balaban J connectivity index is 2.03. The van der Waals surface area contributed by atoms with Gasteiger partial charge in [0.1, 0.15) is 10.8 Å². The second kappa shape index (κ2) is 6.61. The molecule has 0 bridgehead atoms. The zero-order valence-electron chi connectivity index (χ0n) is 11.7. The van der Waals surface area contributed by atoms with Crippen molar-refractivity contribution in [2.75, 3.05) is 13.1 Å². The Bertz CT molecular complexity index is 485. The second-order valence-electron chi connectivity index (χ2n) is 5.52. The molecular formula is C15H21FN2OS. The van der Waals surface area contributed by atoms with E-state index in [4.69, 9.17) is 18.0 Å². The van der Waals surface area contributed by atoms with Gasteiger partial charge in [-0.15, -0.1) is 0 Å². The van der Waals surface area contributed by atoms with Gasteiger partial charge in [0, 0.05) is 12.1 Å². The number of hydrogen-bond acceptors (Lipinski definition) is 3. The number of benzene rings is 1. The van der Waals surface area contributed by atoms with Crippen LogP contribution in [0, 0.1) is 11.7 Å². The number of aliphatic hydroxyl groups excluding tert-OH is 1. The molecule has 20 heavy (non-hydrogen) atoms. The molecule has 1 fully saturated rings. The van der Waals surface area contributed by atoms with Crippen molar-refractivity contribution < 1.29 is 9.50 Å². The van der Waals surface area contributed by atoms with Gasteiger partial charge in [-0.2, -0.15) is 0 Å².